The SMILES string of the molecule is Clc1ccc(-c2noc([C@H]3CCCN3)n2)nc1. The lowest BCUT2D eigenvalue weighted by Gasteiger charge is -2.01. The van der Waals surface area contributed by atoms with Crippen LogP contribution in [0.2, 0.25) is 5.02 Å². The number of hydrogen-bond acceptors (Lipinski definition) is 5. The predicted octanol–water partition coefficient (Wildman–Crippen LogP) is 2.21. The number of nitrogens with one attached hydrogen (secondary N) is 1. The van der Waals surface area contributed by atoms with Crippen LogP contribution in [0.1, 0.15) is 24.8 Å². The van der Waals surface area contributed by atoms with Gasteiger partial charge in [0.2, 0.25) is 11.7 Å². The van der Waals surface area contributed by atoms with Crippen molar-refractivity contribution in [2.75, 3.05) is 6.54 Å². The average Bonchev–Trinajstić information content (AvgIpc) is 3.00. The smallest absolute Gasteiger partial charge is 0.244 e. The van der Waals surface area contributed by atoms with E-state index in [2.05, 4.69) is 20.4 Å². The fraction of sp³-hybridized carbons (Fsp3) is 0.364. The molecular weight excluding hydrogens is 240 g/mol. The third kappa shape index (κ3) is 2.16. The van der Waals surface area contributed by atoms with E-state index in [4.69, 9.17) is 16.1 Å². The molecule has 0 amide bonds. The molecule has 3 heterocycles. The second kappa shape index (κ2) is 4.43. The fourth-order valence-electron chi connectivity index (χ4n) is 1.88. The highest BCUT2D eigenvalue weighted by Gasteiger charge is 2.22. The van der Waals surface area contributed by atoms with Crippen LogP contribution in [-0.4, -0.2) is 21.7 Å². The number of pyridine rings is 1. The summed E-state index contributed by atoms with van der Waals surface area (Å²) in [6.07, 6.45) is 3.75. The summed E-state index contributed by atoms with van der Waals surface area (Å²) >= 11 is 5.77. The van der Waals surface area contributed by atoms with E-state index in [-0.39, 0.29) is 6.04 Å². The molecule has 0 saturated carbocycles. The molecule has 0 unspecified atom stereocenters. The van der Waals surface area contributed by atoms with Crippen LogP contribution in [-0.2, 0) is 0 Å². The molecule has 17 heavy (non-hydrogen) atoms. The van der Waals surface area contributed by atoms with Gasteiger partial charge in [0.1, 0.15) is 5.69 Å². The lowest BCUT2D eigenvalue weighted by molar-refractivity contribution is 0.345. The van der Waals surface area contributed by atoms with Crippen LogP contribution in [0.15, 0.2) is 22.9 Å². The van der Waals surface area contributed by atoms with E-state index < -0.39 is 0 Å². The molecule has 1 atom stereocenters. The lowest BCUT2D eigenvalue weighted by atomic mass is 10.2. The molecule has 88 valence electrons. The first-order valence-corrected chi connectivity index (χ1v) is 5.89. The zero-order valence-corrected chi connectivity index (χ0v) is 9.81. The van der Waals surface area contributed by atoms with Crippen molar-refractivity contribution in [3.05, 3.63) is 29.2 Å². The van der Waals surface area contributed by atoms with Crippen LogP contribution in [0, 0.1) is 0 Å². The van der Waals surface area contributed by atoms with Crippen LogP contribution in [0.25, 0.3) is 11.5 Å². The fourth-order valence-corrected chi connectivity index (χ4v) is 2.00. The highest BCUT2D eigenvalue weighted by Crippen LogP contribution is 2.23. The summed E-state index contributed by atoms with van der Waals surface area (Å²) in [5, 5.41) is 7.83. The number of halogens is 1. The van der Waals surface area contributed by atoms with Crippen molar-refractivity contribution in [3.8, 4) is 11.5 Å². The molecule has 1 fully saturated rings. The predicted molar refractivity (Wildman–Crippen MR) is 62.5 cm³/mol. The van der Waals surface area contributed by atoms with E-state index >= 15 is 0 Å². The van der Waals surface area contributed by atoms with Gasteiger partial charge in [0, 0.05) is 6.20 Å². The van der Waals surface area contributed by atoms with Crippen LogP contribution in [0.3, 0.4) is 0 Å². The Labute approximate surface area is 103 Å². The van der Waals surface area contributed by atoms with Gasteiger partial charge < -0.3 is 9.84 Å². The van der Waals surface area contributed by atoms with Crippen molar-refractivity contribution >= 4 is 11.6 Å². The number of aromatic nitrogens is 3. The summed E-state index contributed by atoms with van der Waals surface area (Å²) in [6.45, 7) is 1.00. The number of hydrogen-bond donors (Lipinski definition) is 1. The van der Waals surface area contributed by atoms with Crippen LogP contribution >= 0.6 is 11.6 Å². The molecule has 0 bridgehead atoms. The van der Waals surface area contributed by atoms with Gasteiger partial charge in [0.15, 0.2) is 0 Å². The minimum Gasteiger partial charge on any atom is -0.337 e. The Balaban J connectivity index is 1.86. The molecule has 0 spiro atoms. The molecule has 5 nitrogen and oxygen atoms in total. The summed E-state index contributed by atoms with van der Waals surface area (Å²) in [5.74, 6) is 1.14. The summed E-state index contributed by atoms with van der Waals surface area (Å²) in [6, 6.07) is 3.72. The zero-order valence-electron chi connectivity index (χ0n) is 9.06. The van der Waals surface area contributed by atoms with Crippen molar-refractivity contribution in [1.82, 2.24) is 20.4 Å². The summed E-state index contributed by atoms with van der Waals surface area (Å²) in [4.78, 5) is 8.50. The van der Waals surface area contributed by atoms with Gasteiger partial charge in [-0.15, -0.1) is 0 Å². The van der Waals surface area contributed by atoms with Gasteiger partial charge in [0.25, 0.3) is 0 Å². The number of nitrogens with zero attached hydrogens (tertiary/aromatic N) is 3. The second-order valence-corrected chi connectivity index (χ2v) is 4.40. The molecule has 0 aromatic carbocycles. The molecule has 3 rings (SSSR count). The molecule has 2 aromatic rings. The van der Waals surface area contributed by atoms with Gasteiger partial charge >= 0.3 is 0 Å². The highest BCUT2D eigenvalue weighted by molar-refractivity contribution is 6.30. The summed E-state index contributed by atoms with van der Waals surface area (Å²) in [7, 11) is 0. The Morgan fingerprint density at radius 1 is 1.41 bits per heavy atom. The van der Waals surface area contributed by atoms with Crippen molar-refractivity contribution in [1.29, 1.82) is 0 Å². The standard InChI is InChI=1S/C11H11ClN4O/c12-7-3-4-8(14-6-7)10-15-11(17-16-10)9-2-1-5-13-9/h3-4,6,9,13H,1-2,5H2/t9-/m1/s1. The largest absolute Gasteiger partial charge is 0.337 e. The van der Waals surface area contributed by atoms with E-state index in [0.29, 0.717) is 22.4 Å². The maximum absolute atomic E-state index is 5.77. The van der Waals surface area contributed by atoms with Crippen molar-refractivity contribution in [2.45, 2.75) is 18.9 Å². The normalized spacial score (nSPS) is 19.7. The molecule has 1 aliphatic rings. The van der Waals surface area contributed by atoms with E-state index in [0.717, 1.165) is 19.4 Å². The Hall–Kier alpha value is -1.46. The number of rotatable bonds is 2. The van der Waals surface area contributed by atoms with Crippen molar-refractivity contribution < 1.29 is 4.52 Å². The highest BCUT2D eigenvalue weighted by atomic mass is 35.5. The third-order valence-corrected chi connectivity index (χ3v) is 2.98. The van der Waals surface area contributed by atoms with Crippen LogP contribution in [0.4, 0.5) is 0 Å². The molecule has 0 aliphatic carbocycles. The minimum atomic E-state index is 0.184. The zero-order chi connectivity index (χ0) is 11.7. The van der Waals surface area contributed by atoms with Gasteiger partial charge in [-0.1, -0.05) is 16.8 Å². The first-order chi connectivity index (χ1) is 8.33. The molecule has 6 heteroatoms. The topological polar surface area (TPSA) is 63.8 Å². The lowest BCUT2D eigenvalue weighted by Crippen LogP contribution is -2.12. The Kier molecular flexibility index (Phi) is 2.78. The molecule has 1 N–H and O–H groups in total. The van der Waals surface area contributed by atoms with Crippen molar-refractivity contribution in [3.63, 3.8) is 0 Å². The van der Waals surface area contributed by atoms with E-state index in [9.17, 15) is 0 Å². The average molecular weight is 251 g/mol. The van der Waals surface area contributed by atoms with Gasteiger partial charge in [-0.05, 0) is 31.5 Å². The van der Waals surface area contributed by atoms with Crippen LogP contribution < -0.4 is 5.32 Å². The summed E-state index contributed by atoms with van der Waals surface area (Å²) in [5.41, 5.74) is 0.669. The molecule has 0 radical (unpaired) electrons. The van der Waals surface area contributed by atoms with E-state index in [1.54, 1.807) is 18.3 Å². The Morgan fingerprint density at radius 2 is 2.35 bits per heavy atom. The van der Waals surface area contributed by atoms with Gasteiger partial charge in [0.05, 0.1) is 11.1 Å². The molecule has 2 aromatic heterocycles. The first kappa shape index (κ1) is 10.7. The summed E-state index contributed by atoms with van der Waals surface area (Å²) < 4.78 is 5.24. The minimum absolute atomic E-state index is 0.184. The first-order valence-electron chi connectivity index (χ1n) is 5.52. The van der Waals surface area contributed by atoms with E-state index in [1.165, 1.54) is 0 Å². The van der Waals surface area contributed by atoms with Gasteiger partial charge in [-0.2, -0.15) is 4.98 Å². The Morgan fingerprint density at radius 3 is 3.06 bits per heavy atom. The van der Waals surface area contributed by atoms with Gasteiger partial charge in [-0.25, -0.2) is 0 Å². The molecular formula is C11H11ClN4O. The quantitative estimate of drug-likeness (QED) is 0.885. The van der Waals surface area contributed by atoms with Gasteiger partial charge in [-0.3, -0.25) is 4.98 Å². The van der Waals surface area contributed by atoms with Crippen LogP contribution in [0.5, 0.6) is 0 Å². The second-order valence-electron chi connectivity index (χ2n) is 3.97. The monoisotopic (exact) mass is 250 g/mol. The maximum atomic E-state index is 5.77. The maximum Gasteiger partial charge on any atom is 0.244 e. The van der Waals surface area contributed by atoms with E-state index in [1.807, 2.05) is 0 Å². The Bertz CT molecular complexity index is 504. The third-order valence-electron chi connectivity index (χ3n) is 2.76. The van der Waals surface area contributed by atoms with Crippen molar-refractivity contribution in [2.24, 2.45) is 0 Å². The molecule has 1 aliphatic heterocycles. The molecule has 1 saturated heterocycles.